The summed E-state index contributed by atoms with van der Waals surface area (Å²) in [7, 11) is 1.58. The molecule has 1 aromatic carbocycles. The number of nitrogens with two attached hydrogens (primary N) is 1. The number of ether oxygens (including phenoxy) is 1. The predicted molar refractivity (Wildman–Crippen MR) is 60.8 cm³/mol. The lowest BCUT2D eigenvalue weighted by Gasteiger charge is -2.08. The molecule has 0 radical (unpaired) electrons. The smallest absolute Gasteiger partial charge is 0.238 e. The van der Waals surface area contributed by atoms with Crippen LogP contribution in [0, 0.1) is 0 Å². The summed E-state index contributed by atoms with van der Waals surface area (Å²) < 4.78 is 5.11. The molecule has 80 valence electrons. The molecule has 0 saturated heterocycles. The van der Waals surface area contributed by atoms with Crippen LogP contribution in [-0.2, 0) is 4.79 Å². The first kappa shape index (κ1) is 11.3. The lowest BCUT2D eigenvalue weighted by molar-refractivity contribution is -0.114. The maximum absolute atomic E-state index is 11.0. The largest absolute Gasteiger partial charge is 0.496 e. The van der Waals surface area contributed by atoms with Crippen molar-refractivity contribution in [3.63, 3.8) is 0 Å². The van der Waals surface area contributed by atoms with Gasteiger partial charge in [0, 0.05) is 11.3 Å². The maximum atomic E-state index is 11.0. The van der Waals surface area contributed by atoms with E-state index < -0.39 is 0 Å². The van der Waals surface area contributed by atoms with Gasteiger partial charge in [0.15, 0.2) is 0 Å². The average molecular weight is 206 g/mol. The zero-order valence-corrected chi connectivity index (χ0v) is 8.62. The Labute approximate surface area is 88.7 Å². The lowest BCUT2D eigenvalue weighted by Crippen LogP contribution is -2.21. The summed E-state index contributed by atoms with van der Waals surface area (Å²) in [6.07, 6.45) is 1.66. The van der Waals surface area contributed by atoms with Gasteiger partial charge in [-0.15, -0.1) is 0 Å². The van der Waals surface area contributed by atoms with Crippen molar-refractivity contribution in [1.82, 2.24) is 0 Å². The third-order valence-corrected chi connectivity index (χ3v) is 1.92. The summed E-state index contributed by atoms with van der Waals surface area (Å²) in [6.45, 7) is 3.63. The van der Waals surface area contributed by atoms with Gasteiger partial charge in [0.2, 0.25) is 5.91 Å². The number of carbonyl (C=O) groups is 1. The molecule has 0 aromatic heterocycles. The molecule has 1 amide bonds. The highest BCUT2D eigenvalue weighted by molar-refractivity contribution is 5.92. The van der Waals surface area contributed by atoms with Gasteiger partial charge >= 0.3 is 0 Å². The zero-order valence-electron chi connectivity index (χ0n) is 8.62. The van der Waals surface area contributed by atoms with Crippen molar-refractivity contribution in [2.75, 3.05) is 19.0 Å². The maximum Gasteiger partial charge on any atom is 0.238 e. The number of nitrogens with one attached hydrogen (secondary N) is 1. The second-order valence-electron chi connectivity index (χ2n) is 2.91. The van der Waals surface area contributed by atoms with E-state index in [4.69, 9.17) is 10.5 Å². The molecule has 0 bridgehead atoms. The van der Waals surface area contributed by atoms with Crippen LogP contribution in [-0.4, -0.2) is 19.6 Å². The fraction of sp³-hybridized carbons (Fsp3) is 0.182. The Balaban J connectivity index is 2.92. The summed E-state index contributed by atoms with van der Waals surface area (Å²) >= 11 is 0. The van der Waals surface area contributed by atoms with E-state index in [9.17, 15) is 4.79 Å². The molecule has 0 spiro atoms. The fourth-order valence-corrected chi connectivity index (χ4v) is 1.18. The Kier molecular flexibility index (Phi) is 3.88. The number of rotatable bonds is 4. The molecule has 3 N–H and O–H groups in total. The number of hydrogen-bond acceptors (Lipinski definition) is 3. The lowest BCUT2D eigenvalue weighted by atomic mass is 10.1. The second kappa shape index (κ2) is 5.17. The first-order chi connectivity index (χ1) is 7.21. The van der Waals surface area contributed by atoms with Crippen LogP contribution in [0.4, 0.5) is 5.69 Å². The first-order valence-electron chi connectivity index (χ1n) is 4.51. The van der Waals surface area contributed by atoms with Gasteiger partial charge in [-0.05, 0) is 18.2 Å². The van der Waals surface area contributed by atoms with Gasteiger partial charge in [0.1, 0.15) is 5.75 Å². The number of benzene rings is 1. The highest BCUT2D eigenvalue weighted by atomic mass is 16.5. The van der Waals surface area contributed by atoms with Gasteiger partial charge in [-0.3, -0.25) is 4.79 Å². The Morgan fingerprint density at radius 1 is 1.67 bits per heavy atom. The van der Waals surface area contributed by atoms with Crippen molar-refractivity contribution in [3.05, 3.63) is 30.3 Å². The number of anilines is 1. The van der Waals surface area contributed by atoms with E-state index >= 15 is 0 Å². The van der Waals surface area contributed by atoms with Crippen molar-refractivity contribution in [2.24, 2.45) is 5.73 Å². The number of carbonyl (C=O) groups excluding carboxylic acids is 1. The van der Waals surface area contributed by atoms with Crippen molar-refractivity contribution in [3.8, 4) is 5.75 Å². The number of methoxy groups -OCH3 is 1. The van der Waals surface area contributed by atoms with Gasteiger partial charge in [0.05, 0.1) is 13.7 Å². The van der Waals surface area contributed by atoms with Crippen molar-refractivity contribution >= 4 is 17.7 Å². The molecule has 0 aliphatic rings. The molecule has 0 unspecified atom stereocenters. The van der Waals surface area contributed by atoms with E-state index in [1.165, 1.54) is 0 Å². The van der Waals surface area contributed by atoms with Gasteiger partial charge < -0.3 is 15.8 Å². The average Bonchev–Trinajstić information content (AvgIpc) is 2.28. The summed E-state index contributed by atoms with van der Waals surface area (Å²) in [5.74, 6) is 0.492. The third kappa shape index (κ3) is 2.82. The third-order valence-electron chi connectivity index (χ3n) is 1.92. The van der Waals surface area contributed by atoms with Crippen molar-refractivity contribution in [2.45, 2.75) is 0 Å². The fourth-order valence-electron chi connectivity index (χ4n) is 1.18. The van der Waals surface area contributed by atoms with E-state index in [-0.39, 0.29) is 12.5 Å². The quantitative estimate of drug-likeness (QED) is 0.778. The highest BCUT2D eigenvalue weighted by Crippen LogP contribution is 2.23. The molecule has 0 saturated carbocycles. The molecule has 0 atom stereocenters. The molecule has 15 heavy (non-hydrogen) atoms. The monoisotopic (exact) mass is 206 g/mol. The molecular formula is C11H14N2O2. The van der Waals surface area contributed by atoms with Crippen LogP contribution in [0.3, 0.4) is 0 Å². The van der Waals surface area contributed by atoms with E-state index in [0.29, 0.717) is 5.69 Å². The molecule has 1 aromatic rings. The van der Waals surface area contributed by atoms with Gasteiger partial charge in [-0.25, -0.2) is 0 Å². The Morgan fingerprint density at radius 3 is 2.93 bits per heavy atom. The standard InChI is InChI=1S/C11H14N2O2/c1-3-8-6-9(13-11(14)7-12)4-5-10(8)15-2/h3-6H,1,7,12H2,2H3,(H,13,14). The van der Waals surface area contributed by atoms with Crippen molar-refractivity contribution < 1.29 is 9.53 Å². The van der Waals surface area contributed by atoms with Crippen LogP contribution < -0.4 is 15.8 Å². The van der Waals surface area contributed by atoms with Gasteiger partial charge in [-0.2, -0.15) is 0 Å². The summed E-state index contributed by atoms with van der Waals surface area (Å²) in [4.78, 5) is 11.0. The first-order valence-corrected chi connectivity index (χ1v) is 4.51. The Morgan fingerprint density at radius 2 is 2.40 bits per heavy atom. The zero-order chi connectivity index (χ0) is 11.3. The van der Waals surface area contributed by atoms with E-state index in [1.807, 2.05) is 0 Å². The van der Waals surface area contributed by atoms with Crippen LogP contribution in [0.2, 0.25) is 0 Å². The van der Waals surface area contributed by atoms with E-state index in [0.717, 1.165) is 11.3 Å². The van der Waals surface area contributed by atoms with E-state index in [1.54, 1.807) is 31.4 Å². The molecule has 4 nitrogen and oxygen atoms in total. The summed E-state index contributed by atoms with van der Waals surface area (Å²) in [5, 5.41) is 2.65. The minimum atomic E-state index is -0.227. The van der Waals surface area contributed by atoms with Crippen LogP contribution in [0.25, 0.3) is 6.08 Å². The Bertz CT molecular complexity index is 375. The normalized spacial score (nSPS) is 9.47. The number of amides is 1. The van der Waals surface area contributed by atoms with Crippen LogP contribution in [0.5, 0.6) is 5.75 Å². The highest BCUT2D eigenvalue weighted by Gasteiger charge is 2.03. The Hall–Kier alpha value is -1.81. The van der Waals surface area contributed by atoms with E-state index in [2.05, 4.69) is 11.9 Å². The summed E-state index contributed by atoms with van der Waals surface area (Å²) in [6, 6.07) is 5.29. The van der Waals surface area contributed by atoms with Crippen molar-refractivity contribution in [1.29, 1.82) is 0 Å². The predicted octanol–water partition coefficient (Wildman–Crippen LogP) is 1.24. The molecule has 0 aliphatic heterocycles. The minimum absolute atomic E-state index is 0.0323. The molecular weight excluding hydrogens is 192 g/mol. The molecule has 4 heteroatoms. The van der Waals surface area contributed by atoms with Crippen LogP contribution in [0.15, 0.2) is 24.8 Å². The molecule has 1 rings (SSSR count). The second-order valence-corrected chi connectivity index (χ2v) is 2.91. The molecule has 0 fully saturated rings. The number of hydrogen-bond donors (Lipinski definition) is 2. The summed E-state index contributed by atoms with van der Waals surface area (Å²) in [5.41, 5.74) is 6.70. The molecule has 0 heterocycles. The van der Waals surface area contributed by atoms with Crippen LogP contribution in [0.1, 0.15) is 5.56 Å². The minimum Gasteiger partial charge on any atom is -0.496 e. The van der Waals surface area contributed by atoms with Gasteiger partial charge in [0.25, 0.3) is 0 Å². The topological polar surface area (TPSA) is 64.4 Å². The van der Waals surface area contributed by atoms with Gasteiger partial charge in [-0.1, -0.05) is 12.7 Å². The SMILES string of the molecule is C=Cc1cc(NC(=O)CN)ccc1OC. The molecule has 0 aliphatic carbocycles. The van der Waals surface area contributed by atoms with Crippen LogP contribution >= 0.6 is 0 Å².